The van der Waals surface area contributed by atoms with Crippen LogP contribution in [0.5, 0.6) is 5.75 Å². The number of carbonyl (C=O) groups excluding carboxylic acids is 1. The largest absolute Gasteiger partial charge is 0.497 e. The Morgan fingerprint density at radius 1 is 1.30 bits per heavy atom. The van der Waals surface area contributed by atoms with Gasteiger partial charge in [-0.05, 0) is 25.1 Å². The molecule has 9 nitrogen and oxygen atoms in total. The first-order valence-electron chi connectivity index (χ1n) is 6.91. The molecule has 0 fully saturated rings. The number of benzene rings is 1. The third-order valence-corrected chi connectivity index (χ3v) is 3.28. The molecule has 9 heteroatoms. The van der Waals surface area contributed by atoms with E-state index in [1.807, 2.05) is 24.3 Å². The summed E-state index contributed by atoms with van der Waals surface area (Å²) in [5.41, 5.74) is 1.85. The molecule has 0 saturated heterocycles. The molecule has 0 unspecified atom stereocenters. The highest BCUT2D eigenvalue weighted by Crippen LogP contribution is 2.22. The van der Waals surface area contributed by atoms with Gasteiger partial charge in [0, 0.05) is 5.56 Å². The van der Waals surface area contributed by atoms with Crippen molar-refractivity contribution in [3.8, 4) is 17.0 Å². The lowest BCUT2D eigenvalue weighted by Crippen LogP contribution is -2.27. The maximum absolute atomic E-state index is 12.2. The lowest BCUT2D eigenvalue weighted by Gasteiger charge is -2.08. The summed E-state index contributed by atoms with van der Waals surface area (Å²) in [6, 6.07) is 8.75. The molecule has 118 valence electrons. The molecule has 0 aliphatic rings. The van der Waals surface area contributed by atoms with Crippen molar-refractivity contribution in [2.24, 2.45) is 0 Å². The summed E-state index contributed by atoms with van der Waals surface area (Å²) in [6.07, 6.45) is 0. The third kappa shape index (κ3) is 3.18. The molecule has 1 amide bonds. The second kappa shape index (κ2) is 6.26. The summed E-state index contributed by atoms with van der Waals surface area (Å²) in [7, 11) is 1.60. The number of methoxy groups -OCH3 is 1. The van der Waals surface area contributed by atoms with Gasteiger partial charge in [0.2, 0.25) is 0 Å². The molecule has 2 aromatic heterocycles. The average molecular weight is 313 g/mol. The van der Waals surface area contributed by atoms with Gasteiger partial charge in [0.15, 0.2) is 5.82 Å². The van der Waals surface area contributed by atoms with Crippen molar-refractivity contribution in [1.29, 1.82) is 0 Å². The van der Waals surface area contributed by atoms with Crippen molar-refractivity contribution in [1.82, 2.24) is 36.1 Å². The minimum absolute atomic E-state index is 0.302. The number of rotatable bonds is 5. The zero-order chi connectivity index (χ0) is 16.2. The van der Waals surface area contributed by atoms with Crippen LogP contribution in [-0.2, 0) is 0 Å². The molecule has 0 saturated carbocycles. The summed E-state index contributed by atoms with van der Waals surface area (Å²) in [5, 5.41) is 23.1. The Bertz CT molecular complexity index is 797. The fourth-order valence-electron chi connectivity index (χ4n) is 2.06. The normalized spacial score (nSPS) is 11.9. The Morgan fingerprint density at radius 3 is 2.91 bits per heavy atom. The lowest BCUT2D eigenvalue weighted by atomic mass is 10.1. The van der Waals surface area contributed by atoms with E-state index in [0.29, 0.717) is 17.2 Å². The average Bonchev–Trinajstić information content (AvgIpc) is 3.26. The molecule has 0 aliphatic carbocycles. The number of aromatic nitrogens is 6. The molecule has 2 heterocycles. The minimum Gasteiger partial charge on any atom is -0.497 e. The number of tetrazole rings is 1. The van der Waals surface area contributed by atoms with E-state index in [9.17, 15) is 4.79 Å². The Labute approximate surface area is 131 Å². The first-order chi connectivity index (χ1) is 11.2. The number of amides is 1. The third-order valence-electron chi connectivity index (χ3n) is 3.28. The van der Waals surface area contributed by atoms with Gasteiger partial charge in [-0.25, -0.2) is 0 Å². The summed E-state index contributed by atoms with van der Waals surface area (Å²) in [4.78, 5) is 12.2. The fourth-order valence-corrected chi connectivity index (χ4v) is 2.06. The van der Waals surface area contributed by atoms with Gasteiger partial charge in [-0.1, -0.05) is 17.3 Å². The number of H-pyrrole nitrogens is 2. The van der Waals surface area contributed by atoms with Gasteiger partial charge in [0.25, 0.3) is 5.91 Å². The van der Waals surface area contributed by atoms with Crippen molar-refractivity contribution in [2.75, 3.05) is 7.11 Å². The summed E-state index contributed by atoms with van der Waals surface area (Å²) >= 11 is 0. The van der Waals surface area contributed by atoms with Crippen LogP contribution in [-0.4, -0.2) is 43.8 Å². The molecule has 3 aromatic rings. The van der Waals surface area contributed by atoms with Gasteiger partial charge in [0.05, 0.1) is 18.8 Å². The Hall–Kier alpha value is -3.23. The van der Waals surface area contributed by atoms with E-state index in [1.165, 1.54) is 0 Å². The summed E-state index contributed by atoms with van der Waals surface area (Å²) in [5.74, 6) is 0.831. The van der Waals surface area contributed by atoms with Crippen LogP contribution in [0.4, 0.5) is 0 Å². The molecular formula is C14H15N7O2. The summed E-state index contributed by atoms with van der Waals surface area (Å²) in [6.45, 7) is 1.77. The molecule has 0 spiro atoms. The Morgan fingerprint density at radius 2 is 2.17 bits per heavy atom. The van der Waals surface area contributed by atoms with Crippen molar-refractivity contribution in [3.63, 3.8) is 0 Å². The van der Waals surface area contributed by atoms with Gasteiger partial charge in [-0.3, -0.25) is 9.89 Å². The SMILES string of the molecule is COc1cccc(-c2cc(C(=O)N[C@@H](C)c3nn[nH]n3)[nH]n2)c1. The topological polar surface area (TPSA) is 121 Å². The van der Waals surface area contributed by atoms with Crippen LogP contribution in [0.1, 0.15) is 29.3 Å². The van der Waals surface area contributed by atoms with Crippen LogP contribution in [0.15, 0.2) is 30.3 Å². The number of hydrogen-bond donors (Lipinski definition) is 3. The standard InChI is InChI=1S/C14H15N7O2/c1-8(13-18-20-21-19-13)15-14(22)12-7-11(16-17-12)9-4-3-5-10(6-9)23-2/h3-8H,1-2H3,(H,15,22)(H,16,17)(H,18,19,20,21)/t8-/m0/s1. The van der Waals surface area contributed by atoms with Gasteiger partial charge in [-0.2, -0.15) is 10.3 Å². The van der Waals surface area contributed by atoms with E-state index in [-0.39, 0.29) is 11.9 Å². The van der Waals surface area contributed by atoms with Crippen molar-refractivity contribution in [2.45, 2.75) is 13.0 Å². The zero-order valence-corrected chi connectivity index (χ0v) is 12.6. The van der Waals surface area contributed by atoms with Crippen molar-refractivity contribution < 1.29 is 9.53 Å². The van der Waals surface area contributed by atoms with Gasteiger partial charge in [0.1, 0.15) is 11.4 Å². The van der Waals surface area contributed by atoms with E-state index in [0.717, 1.165) is 11.3 Å². The number of nitrogens with one attached hydrogen (secondary N) is 3. The summed E-state index contributed by atoms with van der Waals surface area (Å²) < 4.78 is 5.18. The lowest BCUT2D eigenvalue weighted by molar-refractivity contribution is 0.0933. The van der Waals surface area contributed by atoms with Crippen molar-refractivity contribution in [3.05, 3.63) is 41.9 Å². The molecule has 3 rings (SSSR count). The number of carbonyl (C=O) groups is 1. The molecule has 23 heavy (non-hydrogen) atoms. The molecule has 1 atom stereocenters. The zero-order valence-electron chi connectivity index (χ0n) is 12.6. The number of hydrogen-bond acceptors (Lipinski definition) is 6. The van der Waals surface area contributed by atoms with E-state index in [4.69, 9.17) is 4.74 Å². The Balaban J connectivity index is 1.74. The van der Waals surface area contributed by atoms with E-state index in [2.05, 4.69) is 36.1 Å². The van der Waals surface area contributed by atoms with E-state index in [1.54, 1.807) is 20.1 Å². The molecule has 0 radical (unpaired) electrons. The van der Waals surface area contributed by atoms with Gasteiger partial charge < -0.3 is 10.1 Å². The predicted molar refractivity (Wildman–Crippen MR) is 80.6 cm³/mol. The first-order valence-corrected chi connectivity index (χ1v) is 6.91. The monoisotopic (exact) mass is 313 g/mol. The number of ether oxygens (including phenoxy) is 1. The second-order valence-corrected chi connectivity index (χ2v) is 4.86. The molecule has 0 aliphatic heterocycles. The van der Waals surface area contributed by atoms with Gasteiger partial charge >= 0.3 is 0 Å². The fraction of sp³-hybridized carbons (Fsp3) is 0.214. The van der Waals surface area contributed by atoms with Crippen LogP contribution in [0.3, 0.4) is 0 Å². The smallest absolute Gasteiger partial charge is 0.269 e. The number of aromatic amines is 2. The highest BCUT2D eigenvalue weighted by molar-refractivity contribution is 5.93. The number of nitrogens with zero attached hydrogens (tertiary/aromatic N) is 4. The molecule has 0 bridgehead atoms. The van der Waals surface area contributed by atoms with Gasteiger partial charge in [-0.15, -0.1) is 10.2 Å². The molecule has 1 aromatic carbocycles. The van der Waals surface area contributed by atoms with Crippen LogP contribution < -0.4 is 10.1 Å². The maximum Gasteiger partial charge on any atom is 0.269 e. The molecule has 3 N–H and O–H groups in total. The highest BCUT2D eigenvalue weighted by Gasteiger charge is 2.17. The maximum atomic E-state index is 12.2. The van der Waals surface area contributed by atoms with Crippen LogP contribution in [0.25, 0.3) is 11.3 Å². The van der Waals surface area contributed by atoms with E-state index < -0.39 is 0 Å². The second-order valence-electron chi connectivity index (χ2n) is 4.86. The Kier molecular flexibility index (Phi) is 4.00. The predicted octanol–water partition coefficient (Wildman–Crippen LogP) is 1.09. The van der Waals surface area contributed by atoms with E-state index >= 15 is 0 Å². The van der Waals surface area contributed by atoms with Crippen LogP contribution in [0, 0.1) is 0 Å². The highest BCUT2D eigenvalue weighted by atomic mass is 16.5. The quantitative estimate of drug-likeness (QED) is 0.648. The molecular weight excluding hydrogens is 298 g/mol. The minimum atomic E-state index is -0.371. The van der Waals surface area contributed by atoms with Crippen LogP contribution in [0.2, 0.25) is 0 Å². The first kappa shape index (κ1) is 14.7. The van der Waals surface area contributed by atoms with Crippen LogP contribution >= 0.6 is 0 Å². The van der Waals surface area contributed by atoms with Crippen molar-refractivity contribution >= 4 is 5.91 Å².